The summed E-state index contributed by atoms with van der Waals surface area (Å²) in [6.07, 6.45) is 7.93. The van der Waals surface area contributed by atoms with E-state index in [9.17, 15) is 4.79 Å². The van der Waals surface area contributed by atoms with Crippen LogP contribution in [0.3, 0.4) is 0 Å². The van der Waals surface area contributed by atoms with Crippen molar-refractivity contribution in [3.05, 3.63) is 0 Å². The Morgan fingerprint density at radius 1 is 1.29 bits per heavy atom. The van der Waals surface area contributed by atoms with Crippen LogP contribution in [0.4, 0.5) is 0 Å². The van der Waals surface area contributed by atoms with Crippen molar-refractivity contribution in [3.8, 4) is 0 Å². The van der Waals surface area contributed by atoms with E-state index in [2.05, 4.69) is 31.0 Å². The first kappa shape index (κ1) is 16.8. The molecular formula is C17H33N3O. The van der Waals surface area contributed by atoms with Crippen LogP contribution in [0, 0.1) is 5.41 Å². The second kappa shape index (κ2) is 6.66. The molecule has 2 atom stereocenters. The van der Waals surface area contributed by atoms with Gasteiger partial charge in [-0.3, -0.25) is 9.69 Å². The van der Waals surface area contributed by atoms with Crippen molar-refractivity contribution in [3.63, 3.8) is 0 Å². The van der Waals surface area contributed by atoms with Crippen LogP contribution in [0.15, 0.2) is 0 Å². The molecule has 0 aromatic carbocycles. The van der Waals surface area contributed by atoms with E-state index in [0.29, 0.717) is 11.5 Å². The molecule has 1 aliphatic carbocycles. The first-order chi connectivity index (χ1) is 10.0. The highest BCUT2D eigenvalue weighted by Crippen LogP contribution is 2.41. The topological polar surface area (TPSA) is 58.4 Å². The van der Waals surface area contributed by atoms with Gasteiger partial charge in [-0.2, -0.15) is 0 Å². The standard InChI is InChI=1S/C17H33N3O/c1-4-16(5-2)10-11-20(13-16)14-8-7-9-17(12-14,15(18)21)19-6-3/h14,19H,4-13H2,1-3H3,(H2,18,21). The summed E-state index contributed by atoms with van der Waals surface area (Å²) in [4.78, 5) is 14.6. The maximum atomic E-state index is 12.0. The zero-order valence-corrected chi connectivity index (χ0v) is 14.1. The maximum absolute atomic E-state index is 12.0. The number of hydrogen-bond donors (Lipinski definition) is 2. The van der Waals surface area contributed by atoms with E-state index in [1.165, 1.54) is 38.8 Å². The van der Waals surface area contributed by atoms with Gasteiger partial charge in [0.15, 0.2) is 0 Å². The third-order valence-electron chi connectivity index (χ3n) is 6.20. The molecule has 2 unspecified atom stereocenters. The lowest BCUT2D eigenvalue weighted by atomic mass is 9.77. The fourth-order valence-corrected chi connectivity index (χ4v) is 4.48. The van der Waals surface area contributed by atoms with Crippen LogP contribution in [0.2, 0.25) is 0 Å². The molecule has 0 aromatic rings. The van der Waals surface area contributed by atoms with Gasteiger partial charge in [0, 0.05) is 12.6 Å². The molecule has 4 heteroatoms. The number of carbonyl (C=O) groups is 1. The van der Waals surface area contributed by atoms with Gasteiger partial charge in [0.25, 0.3) is 0 Å². The molecule has 2 aliphatic rings. The van der Waals surface area contributed by atoms with Gasteiger partial charge < -0.3 is 11.1 Å². The molecule has 1 amide bonds. The number of nitrogens with two attached hydrogens (primary N) is 1. The normalized spacial score (nSPS) is 33.2. The molecule has 0 spiro atoms. The molecule has 2 rings (SSSR count). The molecule has 0 aromatic heterocycles. The lowest BCUT2D eigenvalue weighted by Crippen LogP contribution is -2.60. The first-order valence-electron chi connectivity index (χ1n) is 8.80. The second-order valence-electron chi connectivity index (χ2n) is 7.15. The Morgan fingerprint density at radius 3 is 2.52 bits per heavy atom. The second-order valence-corrected chi connectivity index (χ2v) is 7.15. The monoisotopic (exact) mass is 295 g/mol. The molecule has 0 bridgehead atoms. The van der Waals surface area contributed by atoms with Gasteiger partial charge in [0.1, 0.15) is 0 Å². The minimum absolute atomic E-state index is 0.162. The number of nitrogens with one attached hydrogen (secondary N) is 1. The zero-order chi connectivity index (χ0) is 15.5. The number of carbonyl (C=O) groups excluding carboxylic acids is 1. The Kier molecular flexibility index (Phi) is 5.31. The van der Waals surface area contributed by atoms with Crippen LogP contribution in [-0.4, -0.2) is 42.0 Å². The summed E-state index contributed by atoms with van der Waals surface area (Å²) in [5.74, 6) is -0.162. The van der Waals surface area contributed by atoms with Crippen molar-refractivity contribution in [2.24, 2.45) is 11.1 Å². The quantitative estimate of drug-likeness (QED) is 0.790. The molecule has 1 saturated carbocycles. The Morgan fingerprint density at radius 2 is 2.00 bits per heavy atom. The summed E-state index contributed by atoms with van der Waals surface area (Å²) in [6.45, 7) is 9.90. The SMILES string of the molecule is CCNC1(C(N)=O)CCCC(N2CCC(CC)(CC)C2)C1. The van der Waals surface area contributed by atoms with Crippen molar-refractivity contribution in [2.75, 3.05) is 19.6 Å². The largest absolute Gasteiger partial charge is 0.368 e. The van der Waals surface area contributed by atoms with Crippen molar-refractivity contribution >= 4 is 5.91 Å². The summed E-state index contributed by atoms with van der Waals surface area (Å²) in [7, 11) is 0. The van der Waals surface area contributed by atoms with Gasteiger partial charge in [-0.25, -0.2) is 0 Å². The third-order valence-corrected chi connectivity index (χ3v) is 6.20. The van der Waals surface area contributed by atoms with Gasteiger partial charge in [0.2, 0.25) is 5.91 Å². The average Bonchev–Trinajstić information content (AvgIpc) is 2.93. The Labute approximate surface area is 129 Å². The molecule has 1 saturated heterocycles. The molecule has 2 fully saturated rings. The minimum Gasteiger partial charge on any atom is -0.368 e. The molecular weight excluding hydrogens is 262 g/mol. The highest BCUT2D eigenvalue weighted by molar-refractivity contribution is 5.84. The van der Waals surface area contributed by atoms with E-state index in [1.807, 2.05) is 0 Å². The predicted molar refractivity (Wildman–Crippen MR) is 87.1 cm³/mol. The first-order valence-corrected chi connectivity index (χ1v) is 8.80. The van der Waals surface area contributed by atoms with Crippen LogP contribution in [0.1, 0.15) is 65.7 Å². The summed E-state index contributed by atoms with van der Waals surface area (Å²) >= 11 is 0. The number of likely N-dealkylation sites (N-methyl/N-ethyl adjacent to an activating group) is 1. The van der Waals surface area contributed by atoms with Gasteiger partial charge in [-0.05, 0) is 63.5 Å². The molecule has 1 aliphatic heterocycles. The number of nitrogens with zero attached hydrogens (tertiary/aromatic N) is 1. The summed E-state index contributed by atoms with van der Waals surface area (Å²) < 4.78 is 0. The Bertz CT molecular complexity index is 363. The van der Waals surface area contributed by atoms with E-state index in [0.717, 1.165) is 25.8 Å². The predicted octanol–water partition coefficient (Wildman–Crippen LogP) is 2.27. The lowest BCUT2D eigenvalue weighted by Gasteiger charge is -2.43. The fraction of sp³-hybridized carbons (Fsp3) is 0.941. The fourth-order valence-electron chi connectivity index (χ4n) is 4.48. The molecule has 0 radical (unpaired) electrons. The van der Waals surface area contributed by atoms with Crippen LogP contribution in [0.25, 0.3) is 0 Å². The summed E-state index contributed by atoms with van der Waals surface area (Å²) in [6, 6.07) is 0.519. The highest BCUT2D eigenvalue weighted by Gasteiger charge is 2.45. The van der Waals surface area contributed by atoms with E-state index < -0.39 is 5.54 Å². The molecule has 4 nitrogen and oxygen atoms in total. The highest BCUT2D eigenvalue weighted by atomic mass is 16.1. The van der Waals surface area contributed by atoms with Gasteiger partial charge in [-0.1, -0.05) is 20.8 Å². The van der Waals surface area contributed by atoms with Crippen LogP contribution >= 0.6 is 0 Å². The van der Waals surface area contributed by atoms with E-state index in [-0.39, 0.29) is 5.91 Å². The molecule has 1 heterocycles. The third kappa shape index (κ3) is 3.26. The number of rotatable bonds is 6. The maximum Gasteiger partial charge on any atom is 0.237 e. The summed E-state index contributed by atoms with van der Waals surface area (Å²) in [5.41, 5.74) is 5.77. The van der Waals surface area contributed by atoms with Crippen molar-refractivity contribution in [1.82, 2.24) is 10.2 Å². The van der Waals surface area contributed by atoms with Crippen molar-refractivity contribution in [1.29, 1.82) is 0 Å². The number of amides is 1. The van der Waals surface area contributed by atoms with Crippen molar-refractivity contribution in [2.45, 2.75) is 77.3 Å². The molecule has 21 heavy (non-hydrogen) atoms. The van der Waals surface area contributed by atoms with Crippen molar-refractivity contribution < 1.29 is 4.79 Å². The number of likely N-dealkylation sites (tertiary alicyclic amines) is 1. The number of hydrogen-bond acceptors (Lipinski definition) is 3. The summed E-state index contributed by atoms with van der Waals surface area (Å²) in [5, 5.41) is 3.40. The van der Waals surface area contributed by atoms with E-state index in [1.54, 1.807) is 0 Å². The van der Waals surface area contributed by atoms with Crippen LogP contribution in [-0.2, 0) is 4.79 Å². The van der Waals surface area contributed by atoms with Gasteiger partial charge in [-0.15, -0.1) is 0 Å². The lowest BCUT2D eigenvalue weighted by molar-refractivity contribution is -0.126. The molecule has 3 N–H and O–H groups in total. The van der Waals surface area contributed by atoms with Gasteiger partial charge >= 0.3 is 0 Å². The number of primary amides is 1. The smallest absolute Gasteiger partial charge is 0.237 e. The minimum atomic E-state index is -0.471. The van der Waals surface area contributed by atoms with Crippen LogP contribution < -0.4 is 11.1 Å². The molecule has 122 valence electrons. The van der Waals surface area contributed by atoms with E-state index in [4.69, 9.17) is 5.73 Å². The zero-order valence-electron chi connectivity index (χ0n) is 14.1. The Hall–Kier alpha value is -0.610. The Balaban J connectivity index is 2.06. The average molecular weight is 295 g/mol. The van der Waals surface area contributed by atoms with Gasteiger partial charge in [0.05, 0.1) is 5.54 Å². The van der Waals surface area contributed by atoms with Crippen LogP contribution in [0.5, 0.6) is 0 Å². The van der Waals surface area contributed by atoms with E-state index >= 15 is 0 Å².